The van der Waals surface area contributed by atoms with Gasteiger partial charge in [-0.25, -0.2) is 0 Å². The van der Waals surface area contributed by atoms with Crippen molar-refractivity contribution >= 4 is 0 Å². The second-order valence-corrected chi connectivity index (χ2v) is 15.0. The van der Waals surface area contributed by atoms with Gasteiger partial charge in [0.05, 0.1) is 0 Å². The van der Waals surface area contributed by atoms with Gasteiger partial charge in [0.15, 0.2) is 0 Å². The Morgan fingerprint density at radius 2 is 0.696 bits per heavy atom. The molecule has 0 aliphatic rings. The molecule has 2 nitrogen and oxygen atoms in total. The van der Waals surface area contributed by atoms with Gasteiger partial charge >= 0.3 is 0 Å². The summed E-state index contributed by atoms with van der Waals surface area (Å²) in [5, 5.41) is 3.89. The lowest BCUT2D eigenvalue weighted by Crippen LogP contribution is -2.35. The quantitative estimate of drug-likeness (QED) is 0.0710. The summed E-state index contributed by atoms with van der Waals surface area (Å²) in [5.41, 5.74) is 7.81. The average Bonchev–Trinajstić information content (AvgIpc) is 3.08. The summed E-state index contributed by atoms with van der Waals surface area (Å²) < 4.78 is 0. The number of benzene rings is 1. The van der Waals surface area contributed by atoms with E-state index in [9.17, 15) is 0 Å². The van der Waals surface area contributed by atoms with Crippen LogP contribution in [0, 0.1) is 0 Å². The predicted octanol–water partition coefficient (Wildman–Crippen LogP) is 14.6. The first-order chi connectivity index (χ1) is 22.8. The van der Waals surface area contributed by atoms with Crippen LogP contribution in [-0.2, 0) is 0 Å². The van der Waals surface area contributed by atoms with Crippen LogP contribution in [0.15, 0.2) is 30.3 Å². The molecule has 1 aromatic carbocycles. The summed E-state index contributed by atoms with van der Waals surface area (Å²) in [6, 6.07) is 11.4. The van der Waals surface area contributed by atoms with Crippen molar-refractivity contribution in [3.63, 3.8) is 0 Å². The number of hydrogen-bond acceptors (Lipinski definition) is 2. The molecule has 0 fully saturated rings. The SMILES string of the molecule is CCCCCCCCCCCCCCCCCCC(CCCCCCCCCCCCCCCCC)NCC(N)c1ccccc1. The topological polar surface area (TPSA) is 38.0 Å². The molecule has 0 bridgehead atoms. The van der Waals surface area contributed by atoms with Crippen molar-refractivity contribution < 1.29 is 0 Å². The molecule has 2 unspecified atom stereocenters. The third-order valence-electron chi connectivity index (χ3n) is 10.4. The number of nitrogens with two attached hydrogens (primary N) is 1. The van der Waals surface area contributed by atoms with E-state index in [4.69, 9.17) is 5.73 Å². The van der Waals surface area contributed by atoms with Crippen LogP contribution in [0.2, 0.25) is 0 Å². The van der Waals surface area contributed by atoms with Crippen molar-refractivity contribution in [3.05, 3.63) is 35.9 Å². The van der Waals surface area contributed by atoms with Gasteiger partial charge in [0, 0.05) is 18.6 Å². The Labute approximate surface area is 290 Å². The highest BCUT2D eigenvalue weighted by Crippen LogP contribution is 2.18. The van der Waals surface area contributed by atoms with Crippen LogP contribution in [0.4, 0.5) is 0 Å². The molecule has 270 valence electrons. The van der Waals surface area contributed by atoms with Gasteiger partial charge in [-0.05, 0) is 18.4 Å². The highest BCUT2D eigenvalue weighted by Gasteiger charge is 2.12. The van der Waals surface area contributed by atoms with E-state index in [-0.39, 0.29) is 6.04 Å². The Balaban J connectivity index is 2.08. The zero-order valence-corrected chi connectivity index (χ0v) is 31.7. The molecule has 1 aromatic rings. The Kier molecular flexibility index (Phi) is 33.3. The summed E-state index contributed by atoms with van der Waals surface area (Å²) in [5.74, 6) is 0. The Morgan fingerprint density at radius 1 is 0.413 bits per heavy atom. The maximum Gasteiger partial charge on any atom is 0.0421 e. The number of nitrogens with one attached hydrogen (secondary N) is 1. The van der Waals surface area contributed by atoms with E-state index in [2.05, 4.69) is 49.5 Å². The summed E-state index contributed by atoms with van der Waals surface area (Å²) in [4.78, 5) is 0. The maximum absolute atomic E-state index is 6.56. The van der Waals surface area contributed by atoms with E-state index in [1.807, 2.05) is 0 Å². The van der Waals surface area contributed by atoms with Gasteiger partial charge in [-0.15, -0.1) is 0 Å². The molecule has 0 heterocycles. The van der Waals surface area contributed by atoms with E-state index in [1.165, 1.54) is 217 Å². The van der Waals surface area contributed by atoms with Crippen LogP contribution in [0.25, 0.3) is 0 Å². The first-order valence-corrected chi connectivity index (χ1v) is 21.3. The minimum absolute atomic E-state index is 0.0931. The van der Waals surface area contributed by atoms with Crippen molar-refractivity contribution in [2.24, 2.45) is 5.73 Å². The van der Waals surface area contributed by atoms with Gasteiger partial charge in [-0.3, -0.25) is 0 Å². The van der Waals surface area contributed by atoms with Gasteiger partial charge in [0.2, 0.25) is 0 Å². The lowest BCUT2D eigenvalue weighted by molar-refractivity contribution is 0.400. The highest BCUT2D eigenvalue weighted by molar-refractivity contribution is 5.18. The summed E-state index contributed by atoms with van der Waals surface area (Å²) in [7, 11) is 0. The van der Waals surface area contributed by atoms with Gasteiger partial charge in [-0.1, -0.05) is 243 Å². The Morgan fingerprint density at radius 3 is 1.00 bits per heavy atom. The zero-order chi connectivity index (χ0) is 33.0. The minimum atomic E-state index is 0.0931. The van der Waals surface area contributed by atoms with Crippen molar-refractivity contribution in [1.29, 1.82) is 0 Å². The normalized spacial score (nSPS) is 12.9. The lowest BCUT2D eigenvalue weighted by atomic mass is 9.98. The van der Waals surface area contributed by atoms with E-state index in [1.54, 1.807) is 0 Å². The van der Waals surface area contributed by atoms with E-state index in [0.717, 1.165) is 6.54 Å². The Bertz CT molecular complexity index is 688. The van der Waals surface area contributed by atoms with Gasteiger partial charge in [-0.2, -0.15) is 0 Å². The van der Waals surface area contributed by atoms with Crippen LogP contribution >= 0.6 is 0 Å². The van der Waals surface area contributed by atoms with Crippen LogP contribution in [0.1, 0.15) is 237 Å². The second-order valence-electron chi connectivity index (χ2n) is 15.0. The molecule has 1 rings (SSSR count). The molecular formula is C44H84N2. The van der Waals surface area contributed by atoms with Crippen molar-refractivity contribution in [2.45, 2.75) is 238 Å². The molecule has 2 atom stereocenters. The Hall–Kier alpha value is -0.860. The molecule has 0 aliphatic heterocycles. The molecule has 46 heavy (non-hydrogen) atoms. The van der Waals surface area contributed by atoms with Crippen molar-refractivity contribution in [3.8, 4) is 0 Å². The van der Waals surface area contributed by atoms with Crippen LogP contribution in [-0.4, -0.2) is 12.6 Å². The molecule has 0 aromatic heterocycles. The fourth-order valence-corrected chi connectivity index (χ4v) is 7.16. The minimum Gasteiger partial charge on any atom is -0.323 e. The molecule has 0 spiro atoms. The molecule has 3 N–H and O–H groups in total. The lowest BCUT2D eigenvalue weighted by Gasteiger charge is -2.22. The van der Waals surface area contributed by atoms with E-state index >= 15 is 0 Å². The summed E-state index contributed by atoms with van der Waals surface area (Å²) in [6.45, 7) is 5.51. The second kappa shape index (κ2) is 35.4. The molecule has 0 saturated carbocycles. The number of unbranched alkanes of at least 4 members (excludes halogenated alkanes) is 29. The maximum atomic E-state index is 6.56. The standard InChI is InChI=1S/C44H84N2/c1-3-5-7-9-11-13-15-17-19-21-23-25-27-29-31-36-40-43(46-41-44(45)42-37-33-32-34-38-42)39-35-30-28-26-24-22-20-18-16-14-12-10-8-6-4-2/h32-34,37-38,43-44,46H,3-31,35-36,39-41,45H2,1-2H3. The van der Waals surface area contributed by atoms with E-state index < -0.39 is 0 Å². The smallest absolute Gasteiger partial charge is 0.0421 e. The highest BCUT2D eigenvalue weighted by atomic mass is 14.9. The molecule has 0 aliphatic carbocycles. The fourth-order valence-electron chi connectivity index (χ4n) is 7.16. The summed E-state index contributed by atoms with van der Waals surface area (Å²) in [6.07, 6.45) is 47.3. The molecular weight excluding hydrogens is 556 g/mol. The number of rotatable bonds is 37. The van der Waals surface area contributed by atoms with Crippen molar-refractivity contribution in [2.75, 3.05) is 6.54 Å². The number of hydrogen-bond donors (Lipinski definition) is 2. The van der Waals surface area contributed by atoms with Crippen LogP contribution in [0.3, 0.4) is 0 Å². The van der Waals surface area contributed by atoms with Gasteiger partial charge in [0.25, 0.3) is 0 Å². The predicted molar refractivity (Wildman–Crippen MR) is 209 cm³/mol. The van der Waals surface area contributed by atoms with Gasteiger partial charge in [0.1, 0.15) is 0 Å². The van der Waals surface area contributed by atoms with Crippen LogP contribution in [0.5, 0.6) is 0 Å². The monoisotopic (exact) mass is 641 g/mol. The largest absolute Gasteiger partial charge is 0.323 e. The first kappa shape index (κ1) is 43.2. The molecule has 2 heteroatoms. The van der Waals surface area contributed by atoms with Gasteiger partial charge < -0.3 is 11.1 Å². The summed E-state index contributed by atoms with van der Waals surface area (Å²) >= 11 is 0. The third-order valence-corrected chi connectivity index (χ3v) is 10.4. The van der Waals surface area contributed by atoms with Crippen LogP contribution < -0.4 is 11.1 Å². The van der Waals surface area contributed by atoms with Crippen molar-refractivity contribution in [1.82, 2.24) is 5.32 Å². The zero-order valence-electron chi connectivity index (χ0n) is 31.7. The third kappa shape index (κ3) is 29.3. The van der Waals surface area contributed by atoms with E-state index in [0.29, 0.717) is 6.04 Å². The molecule has 0 saturated heterocycles. The molecule has 0 amide bonds. The average molecular weight is 641 g/mol. The molecule has 0 radical (unpaired) electrons. The fraction of sp³-hybridized carbons (Fsp3) is 0.864. The first-order valence-electron chi connectivity index (χ1n) is 21.3.